The fourth-order valence-corrected chi connectivity index (χ4v) is 5.98. The highest BCUT2D eigenvalue weighted by Gasteiger charge is 2.47. The van der Waals surface area contributed by atoms with Gasteiger partial charge >= 0.3 is 11.9 Å². The van der Waals surface area contributed by atoms with Crippen molar-refractivity contribution in [2.24, 2.45) is 0 Å². The Morgan fingerprint density at radius 2 is 1.24 bits per heavy atom. The van der Waals surface area contributed by atoms with E-state index >= 15 is 0 Å². The van der Waals surface area contributed by atoms with Crippen molar-refractivity contribution in [2.75, 3.05) is 35.5 Å². The molecular weight excluding hydrogens is 368 g/mol. The van der Waals surface area contributed by atoms with Gasteiger partial charge in [-0.1, -0.05) is 0 Å². The molecular formula is C16H20O7S2. The van der Waals surface area contributed by atoms with Gasteiger partial charge in [-0.3, -0.25) is 9.59 Å². The maximum atomic E-state index is 12.1. The predicted octanol–water partition coefficient (Wildman–Crippen LogP) is 2.27. The van der Waals surface area contributed by atoms with E-state index in [2.05, 4.69) is 0 Å². The maximum Gasteiger partial charge on any atom is 0.320 e. The van der Waals surface area contributed by atoms with Crippen molar-refractivity contribution >= 4 is 35.5 Å². The molecule has 7 nitrogen and oxygen atoms in total. The molecule has 1 fully saturated rings. The lowest BCUT2D eigenvalue weighted by atomic mass is 10.2. The summed E-state index contributed by atoms with van der Waals surface area (Å²) in [6.07, 6.45) is 0. The zero-order valence-corrected chi connectivity index (χ0v) is 16.2. The molecule has 0 saturated carbocycles. The molecule has 1 aliphatic rings. The van der Waals surface area contributed by atoms with Crippen molar-refractivity contribution in [1.29, 1.82) is 0 Å². The van der Waals surface area contributed by atoms with Crippen molar-refractivity contribution in [1.82, 2.24) is 0 Å². The smallest absolute Gasteiger partial charge is 0.320 e. The number of ether oxygens (including phenoxy) is 5. The SMILES string of the molecule is COC(=O)C1SC(c2c(OC)cc(OC)cc2OC)SC1C(=O)OC. The van der Waals surface area contributed by atoms with Crippen LogP contribution in [0.2, 0.25) is 0 Å². The van der Waals surface area contributed by atoms with Crippen LogP contribution in [0, 0.1) is 0 Å². The third-order valence-electron chi connectivity index (χ3n) is 3.67. The summed E-state index contributed by atoms with van der Waals surface area (Å²) in [6, 6.07) is 3.47. The Kier molecular flexibility index (Phi) is 6.71. The molecule has 0 bridgehead atoms. The average Bonchev–Trinajstić information content (AvgIpc) is 3.10. The van der Waals surface area contributed by atoms with Crippen LogP contribution in [0.25, 0.3) is 0 Å². The molecule has 1 aromatic carbocycles. The number of carbonyl (C=O) groups excluding carboxylic acids is 2. The fraction of sp³-hybridized carbons (Fsp3) is 0.500. The minimum absolute atomic E-state index is 0.274. The van der Waals surface area contributed by atoms with Crippen LogP contribution in [0.1, 0.15) is 10.1 Å². The molecule has 0 aliphatic carbocycles. The largest absolute Gasteiger partial charge is 0.496 e. The van der Waals surface area contributed by atoms with Crippen molar-refractivity contribution in [2.45, 2.75) is 15.1 Å². The monoisotopic (exact) mass is 388 g/mol. The second kappa shape index (κ2) is 8.57. The van der Waals surface area contributed by atoms with Gasteiger partial charge in [-0.15, -0.1) is 23.5 Å². The summed E-state index contributed by atoms with van der Waals surface area (Å²) in [6.45, 7) is 0. The Labute approximate surface area is 154 Å². The summed E-state index contributed by atoms with van der Waals surface area (Å²) in [5.74, 6) is 0.744. The number of carbonyl (C=O) groups is 2. The second-order valence-electron chi connectivity index (χ2n) is 4.94. The van der Waals surface area contributed by atoms with E-state index in [1.807, 2.05) is 0 Å². The van der Waals surface area contributed by atoms with Gasteiger partial charge in [0.2, 0.25) is 0 Å². The molecule has 0 amide bonds. The fourth-order valence-electron chi connectivity index (χ4n) is 2.43. The van der Waals surface area contributed by atoms with Gasteiger partial charge in [0, 0.05) is 12.1 Å². The summed E-state index contributed by atoms with van der Waals surface area (Å²) in [5.41, 5.74) is 0.737. The van der Waals surface area contributed by atoms with Gasteiger partial charge in [-0.25, -0.2) is 0 Å². The zero-order valence-electron chi connectivity index (χ0n) is 14.6. The normalized spacial score (nSPS) is 22.2. The van der Waals surface area contributed by atoms with Crippen LogP contribution >= 0.6 is 23.5 Å². The first-order valence-corrected chi connectivity index (χ1v) is 9.15. The highest BCUT2D eigenvalue weighted by atomic mass is 32.2. The Balaban J connectivity index is 2.44. The molecule has 9 heteroatoms. The summed E-state index contributed by atoms with van der Waals surface area (Å²) in [5, 5.41) is -1.35. The van der Waals surface area contributed by atoms with Gasteiger partial charge in [0.25, 0.3) is 0 Å². The van der Waals surface area contributed by atoms with Gasteiger partial charge < -0.3 is 23.7 Å². The first-order valence-electron chi connectivity index (χ1n) is 7.27. The van der Waals surface area contributed by atoms with E-state index in [9.17, 15) is 9.59 Å². The van der Waals surface area contributed by atoms with Crippen molar-refractivity contribution in [3.05, 3.63) is 17.7 Å². The first kappa shape index (κ1) is 19.6. The molecule has 1 aliphatic heterocycles. The Bertz CT molecular complexity index is 600. The van der Waals surface area contributed by atoms with E-state index in [0.29, 0.717) is 17.2 Å². The lowest BCUT2D eigenvalue weighted by molar-refractivity contribution is -0.145. The molecule has 138 valence electrons. The van der Waals surface area contributed by atoms with Crippen molar-refractivity contribution < 1.29 is 33.3 Å². The highest BCUT2D eigenvalue weighted by molar-refractivity contribution is 8.21. The Hall–Kier alpha value is -1.74. The molecule has 1 heterocycles. The number of hydrogen-bond donors (Lipinski definition) is 0. The molecule has 0 aromatic heterocycles. The van der Waals surface area contributed by atoms with Gasteiger partial charge in [-0.05, 0) is 0 Å². The Morgan fingerprint density at radius 3 is 1.56 bits per heavy atom. The standard InChI is InChI=1S/C16H20O7S2/c1-19-8-6-9(20-2)11(10(7-8)21-3)16-24-12(14(17)22-4)13(25-16)15(18)23-5/h6-7,12-13,16H,1-5H3. The molecule has 1 aromatic rings. The maximum absolute atomic E-state index is 12.1. The van der Waals surface area contributed by atoms with Gasteiger partial charge in [0.05, 0.1) is 45.7 Å². The van der Waals surface area contributed by atoms with Crippen LogP contribution in [0.3, 0.4) is 0 Å². The summed E-state index contributed by atoms with van der Waals surface area (Å²) >= 11 is 2.62. The van der Waals surface area contributed by atoms with Gasteiger partial charge in [0.15, 0.2) is 0 Å². The molecule has 0 spiro atoms. The molecule has 0 radical (unpaired) electrons. The third-order valence-corrected chi connectivity index (χ3v) is 6.99. The van der Waals surface area contributed by atoms with Crippen molar-refractivity contribution in [3.8, 4) is 17.2 Å². The van der Waals surface area contributed by atoms with Crippen LogP contribution in [-0.4, -0.2) is 58.0 Å². The molecule has 1 saturated heterocycles. The first-order chi connectivity index (χ1) is 12.0. The van der Waals surface area contributed by atoms with E-state index < -0.39 is 22.4 Å². The molecule has 25 heavy (non-hydrogen) atoms. The van der Waals surface area contributed by atoms with Crippen LogP contribution in [-0.2, 0) is 19.1 Å². The summed E-state index contributed by atoms with van der Waals surface area (Å²) in [7, 11) is 7.22. The molecule has 2 rings (SSSR count). The Morgan fingerprint density at radius 1 is 0.800 bits per heavy atom. The number of rotatable bonds is 6. The highest BCUT2D eigenvalue weighted by Crippen LogP contribution is 2.58. The number of esters is 2. The minimum atomic E-state index is -0.677. The zero-order chi connectivity index (χ0) is 18.6. The third kappa shape index (κ3) is 3.92. The number of hydrogen-bond acceptors (Lipinski definition) is 9. The quantitative estimate of drug-likeness (QED) is 0.682. The topological polar surface area (TPSA) is 80.3 Å². The van der Waals surface area contributed by atoms with Gasteiger partial charge in [0.1, 0.15) is 27.7 Å². The van der Waals surface area contributed by atoms with Crippen LogP contribution in [0.5, 0.6) is 17.2 Å². The van der Waals surface area contributed by atoms with E-state index in [1.165, 1.54) is 52.0 Å². The number of thioether (sulfide) groups is 2. The van der Waals surface area contributed by atoms with E-state index in [0.717, 1.165) is 5.56 Å². The lowest BCUT2D eigenvalue weighted by Crippen LogP contribution is -2.33. The number of methoxy groups -OCH3 is 5. The van der Waals surface area contributed by atoms with Crippen LogP contribution in [0.4, 0.5) is 0 Å². The minimum Gasteiger partial charge on any atom is -0.496 e. The van der Waals surface area contributed by atoms with E-state index in [4.69, 9.17) is 23.7 Å². The van der Waals surface area contributed by atoms with E-state index in [1.54, 1.807) is 19.2 Å². The number of benzene rings is 1. The molecule has 0 N–H and O–H groups in total. The molecule has 2 atom stereocenters. The van der Waals surface area contributed by atoms with Crippen LogP contribution < -0.4 is 14.2 Å². The predicted molar refractivity (Wildman–Crippen MR) is 95.6 cm³/mol. The second-order valence-corrected chi connectivity index (χ2v) is 7.74. The molecule has 2 unspecified atom stereocenters. The summed E-state index contributed by atoms with van der Waals surface area (Å²) in [4.78, 5) is 24.2. The van der Waals surface area contributed by atoms with E-state index in [-0.39, 0.29) is 4.58 Å². The summed E-state index contributed by atoms with van der Waals surface area (Å²) < 4.78 is 25.6. The van der Waals surface area contributed by atoms with Crippen molar-refractivity contribution in [3.63, 3.8) is 0 Å². The van der Waals surface area contributed by atoms with Gasteiger partial charge in [-0.2, -0.15) is 0 Å². The average molecular weight is 388 g/mol. The van der Waals surface area contributed by atoms with Crippen LogP contribution in [0.15, 0.2) is 12.1 Å². The lowest BCUT2D eigenvalue weighted by Gasteiger charge is -2.18.